The van der Waals surface area contributed by atoms with Gasteiger partial charge in [-0.25, -0.2) is 4.98 Å². The first-order valence-corrected chi connectivity index (χ1v) is 4.65. The molecule has 0 aliphatic carbocycles. The molecule has 82 valence electrons. The Morgan fingerprint density at radius 1 is 1.44 bits per heavy atom. The monoisotopic (exact) mass is 220 g/mol. The number of carbonyl (C=O) groups excluding carboxylic acids is 1. The maximum atomic E-state index is 12.8. The summed E-state index contributed by atoms with van der Waals surface area (Å²) in [7, 11) is 0. The second kappa shape index (κ2) is 4.14. The molecule has 2 rings (SSSR count). The Morgan fingerprint density at radius 3 is 2.88 bits per heavy atom. The zero-order valence-corrected chi connectivity index (χ0v) is 8.53. The molecule has 0 fully saturated rings. The van der Waals surface area contributed by atoms with Crippen LogP contribution in [0.25, 0.3) is 0 Å². The van der Waals surface area contributed by atoms with Crippen molar-refractivity contribution in [1.29, 1.82) is 0 Å². The summed E-state index contributed by atoms with van der Waals surface area (Å²) in [5, 5.41) is 2.44. The maximum Gasteiger partial charge on any atom is 0.292 e. The van der Waals surface area contributed by atoms with Crippen molar-refractivity contribution in [1.82, 2.24) is 4.98 Å². The number of hydrogen-bond acceptors (Lipinski definition) is 3. The van der Waals surface area contributed by atoms with E-state index in [1.807, 2.05) is 0 Å². The van der Waals surface area contributed by atoms with Gasteiger partial charge < -0.3 is 9.73 Å². The van der Waals surface area contributed by atoms with Gasteiger partial charge in [0.05, 0.1) is 6.26 Å². The first-order chi connectivity index (χ1) is 7.66. The van der Waals surface area contributed by atoms with Crippen LogP contribution in [0.4, 0.5) is 10.2 Å². The van der Waals surface area contributed by atoms with Crippen molar-refractivity contribution in [3.8, 4) is 0 Å². The van der Waals surface area contributed by atoms with Crippen molar-refractivity contribution >= 4 is 11.7 Å². The molecule has 0 saturated carbocycles. The Balaban J connectivity index is 2.17. The van der Waals surface area contributed by atoms with E-state index in [1.54, 1.807) is 13.0 Å². The lowest BCUT2D eigenvalue weighted by atomic mass is 10.3. The lowest BCUT2D eigenvalue weighted by molar-refractivity contribution is 0.0995. The van der Waals surface area contributed by atoms with Crippen LogP contribution in [0.5, 0.6) is 0 Å². The van der Waals surface area contributed by atoms with Crippen LogP contribution < -0.4 is 5.32 Å². The highest BCUT2D eigenvalue weighted by atomic mass is 19.1. The van der Waals surface area contributed by atoms with Gasteiger partial charge in [-0.05, 0) is 25.1 Å². The maximum absolute atomic E-state index is 12.8. The smallest absolute Gasteiger partial charge is 0.292 e. The van der Waals surface area contributed by atoms with Gasteiger partial charge >= 0.3 is 0 Å². The minimum absolute atomic E-state index is 0.154. The molecule has 0 atom stereocenters. The topological polar surface area (TPSA) is 55.1 Å². The number of aromatic nitrogens is 1. The summed E-state index contributed by atoms with van der Waals surface area (Å²) in [6.45, 7) is 1.75. The van der Waals surface area contributed by atoms with E-state index in [0.717, 1.165) is 0 Å². The van der Waals surface area contributed by atoms with Gasteiger partial charge in [0.25, 0.3) is 5.91 Å². The molecule has 0 aliphatic rings. The minimum Gasteiger partial charge on any atom is -0.459 e. The van der Waals surface area contributed by atoms with Crippen molar-refractivity contribution in [2.75, 3.05) is 5.32 Å². The SMILES string of the molecule is Cc1ccoc1C(=O)Nc1cccc(F)n1. The Morgan fingerprint density at radius 2 is 2.25 bits per heavy atom. The standard InChI is InChI=1S/C11H9FN2O2/c1-7-5-6-16-10(7)11(15)14-9-4-2-3-8(12)13-9/h2-6H,1H3,(H,13,14,15). The lowest BCUT2D eigenvalue weighted by Crippen LogP contribution is -2.13. The number of pyridine rings is 1. The highest BCUT2D eigenvalue weighted by Crippen LogP contribution is 2.11. The molecule has 0 spiro atoms. The fourth-order valence-corrected chi connectivity index (χ4v) is 1.26. The van der Waals surface area contributed by atoms with E-state index < -0.39 is 11.9 Å². The lowest BCUT2D eigenvalue weighted by Gasteiger charge is -2.02. The van der Waals surface area contributed by atoms with E-state index in [1.165, 1.54) is 24.5 Å². The molecule has 0 unspecified atom stereocenters. The Kier molecular flexibility index (Phi) is 2.68. The number of aryl methyl sites for hydroxylation is 1. The third-order valence-electron chi connectivity index (χ3n) is 2.03. The number of nitrogens with one attached hydrogen (secondary N) is 1. The van der Waals surface area contributed by atoms with Crippen molar-refractivity contribution in [2.24, 2.45) is 0 Å². The Bertz CT molecular complexity index is 522. The normalized spacial score (nSPS) is 10.1. The molecular formula is C11H9FN2O2. The van der Waals surface area contributed by atoms with Gasteiger partial charge in [-0.3, -0.25) is 4.79 Å². The van der Waals surface area contributed by atoms with E-state index in [-0.39, 0.29) is 11.6 Å². The zero-order chi connectivity index (χ0) is 11.5. The highest BCUT2D eigenvalue weighted by molar-refractivity contribution is 6.02. The van der Waals surface area contributed by atoms with Gasteiger partial charge in [-0.1, -0.05) is 6.07 Å². The summed E-state index contributed by atoms with van der Waals surface area (Å²) in [6, 6.07) is 5.84. The van der Waals surface area contributed by atoms with Crippen LogP contribution in [0, 0.1) is 12.9 Å². The van der Waals surface area contributed by atoms with Crippen LogP contribution >= 0.6 is 0 Å². The number of rotatable bonds is 2. The number of furan rings is 1. The van der Waals surface area contributed by atoms with Gasteiger partial charge in [-0.15, -0.1) is 0 Å². The molecule has 2 heterocycles. The van der Waals surface area contributed by atoms with Crippen LogP contribution in [-0.2, 0) is 0 Å². The number of hydrogen-bond donors (Lipinski definition) is 1. The average Bonchev–Trinajstić information content (AvgIpc) is 2.64. The molecule has 0 radical (unpaired) electrons. The molecule has 0 aromatic carbocycles. The van der Waals surface area contributed by atoms with Crippen LogP contribution in [0.15, 0.2) is 34.9 Å². The third-order valence-corrected chi connectivity index (χ3v) is 2.03. The summed E-state index contributed by atoms with van der Waals surface area (Å²) in [5.41, 5.74) is 0.717. The predicted molar refractivity (Wildman–Crippen MR) is 55.6 cm³/mol. The molecule has 1 N–H and O–H groups in total. The van der Waals surface area contributed by atoms with Crippen LogP contribution in [-0.4, -0.2) is 10.9 Å². The van der Waals surface area contributed by atoms with E-state index in [9.17, 15) is 9.18 Å². The van der Waals surface area contributed by atoms with Gasteiger partial charge in [0.2, 0.25) is 5.95 Å². The Labute approximate surface area is 91.1 Å². The first-order valence-electron chi connectivity index (χ1n) is 4.65. The quantitative estimate of drug-likeness (QED) is 0.790. The van der Waals surface area contributed by atoms with Crippen molar-refractivity contribution in [2.45, 2.75) is 6.92 Å². The summed E-state index contributed by atoms with van der Waals surface area (Å²) in [6.07, 6.45) is 1.42. The van der Waals surface area contributed by atoms with E-state index in [4.69, 9.17) is 4.42 Å². The average molecular weight is 220 g/mol. The van der Waals surface area contributed by atoms with Crippen LogP contribution in [0.3, 0.4) is 0 Å². The second-order valence-corrected chi connectivity index (χ2v) is 3.23. The molecular weight excluding hydrogens is 211 g/mol. The molecule has 0 bridgehead atoms. The number of amides is 1. The third kappa shape index (κ3) is 2.08. The van der Waals surface area contributed by atoms with E-state index >= 15 is 0 Å². The summed E-state index contributed by atoms with van der Waals surface area (Å²) >= 11 is 0. The fraction of sp³-hybridized carbons (Fsp3) is 0.0909. The largest absolute Gasteiger partial charge is 0.459 e. The van der Waals surface area contributed by atoms with Crippen molar-refractivity contribution in [3.63, 3.8) is 0 Å². The number of carbonyl (C=O) groups is 1. The van der Waals surface area contributed by atoms with E-state index in [2.05, 4.69) is 10.3 Å². The van der Waals surface area contributed by atoms with Crippen molar-refractivity contribution in [3.05, 3.63) is 47.8 Å². The van der Waals surface area contributed by atoms with Crippen LogP contribution in [0.1, 0.15) is 16.1 Å². The molecule has 16 heavy (non-hydrogen) atoms. The molecule has 2 aromatic heterocycles. The summed E-state index contributed by atoms with van der Waals surface area (Å²) in [5.74, 6) is -0.735. The van der Waals surface area contributed by atoms with Gasteiger partial charge in [0, 0.05) is 5.56 Å². The fourth-order valence-electron chi connectivity index (χ4n) is 1.26. The van der Waals surface area contributed by atoms with Crippen molar-refractivity contribution < 1.29 is 13.6 Å². The number of nitrogens with zero attached hydrogens (tertiary/aromatic N) is 1. The second-order valence-electron chi connectivity index (χ2n) is 3.23. The molecule has 2 aromatic rings. The van der Waals surface area contributed by atoms with Crippen LogP contribution in [0.2, 0.25) is 0 Å². The van der Waals surface area contributed by atoms with E-state index in [0.29, 0.717) is 5.56 Å². The van der Waals surface area contributed by atoms with Gasteiger partial charge in [0.1, 0.15) is 5.82 Å². The molecule has 4 nitrogen and oxygen atoms in total. The first kappa shape index (κ1) is 10.4. The highest BCUT2D eigenvalue weighted by Gasteiger charge is 2.13. The molecule has 0 aliphatic heterocycles. The molecule has 1 amide bonds. The summed E-state index contributed by atoms with van der Waals surface area (Å²) < 4.78 is 17.7. The summed E-state index contributed by atoms with van der Waals surface area (Å²) in [4.78, 5) is 15.2. The minimum atomic E-state index is -0.644. The number of anilines is 1. The predicted octanol–water partition coefficient (Wildman–Crippen LogP) is 2.37. The van der Waals surface area contributed by atoms with Gasteiger partial charge in [-0.2, -0.15) is 4.39 Å². The molecule has 0 saturated heterocycles. The number of halogens is 1. The Hall–Kier alpha value is -2.17. The molecule has 5 heteroatoms. The zero-order valence-electron chi connectivity index (χ0n) is 8.53. The van der Waals surface area contributed by atoms with Gasteiger partial charge in [0.15, 0.2) is 5.76 Å².